The van der Waals surface area contributed by atoms with Gasteiger partial charge in [-0.25, -0.2) is 0 Å². The van der Waals surface area contributed by atoms with E-state index in [2.05, 4.69) is 11.8 Å². The zero-order valence-corrected chi connectivity index (χ0v) is 10.00. The Labute approximate surface area is 95.7 Å². The molecular formula is C11H18ClNO2. The average Bonchev–Trinajstić information content (AvgIpc) is 2.20. The average molecular weight is 232 g/mol. The normalized spacial score (nSPS) is 29.1. The Hall–Kier alpha value is -0.540. The number of likely N-dealkylation sites (tertiary alicyclic amines) is 1. The van der Waals surface area contributed by atoms with E-state index in [-0.39, 0.29) is 5.92 Å². The van der Waals surface area contributed by atoms with Crippen LogP contribution in [-0.4, -0.2) is 35.1 Å². The molecule has 1 aliphatic heterocycles. The molecule has 1 heterocycles. The number of aliphatic carboxylic acids is 1. The summed E-state index contributed by atoms with van der Waals surface area (Å²) in [6, 6.07) is 0.325. The molecule has 0 amide bonds. The van der Waals surface area contributed by atoms with Crippen LogP contribution in [0.15, 0.2) is 11.1 Å². The minimum atomic E-state index is -0.661. The van der Waals surface area contributed by atoms with E-state index >= 15 is 0 Å². The third kappa shape index (κ3) is 3.50. The van der Waals surface area contributed by atoms with Gasteiger partial charge < -0.3 is 5.11 Å². The van der Waals surface area contributed by atoms with E-state index in [9.17, 15) is 4.79 Å². The molecule has 15 heavy (non-hydrogen) atoms. The second kappa shape index (κ2) is 5.52. The van der Waals surface area contributed by atoms with Crippen LogP contribution in [0.2, 0.25) is 0 Å². The molecule has 0 spiro atoms. The summed E-state index contributed by atoms with van der Waals surface area (Å²) in [7, 11) is 0. The standard InChI is InChI=1S/C11H18ClNO2/c1-8(6-12)7-13-4-3-10(11(14)15)5-9(13)2/h6,9-10H,3-5,7H2,1-2H3,(H,14,15)/b8-6+. The fraction of sp³-hybridized carbons (Fsp3) is 0.727. The van der Waals surface area contributed by atoms with Crippen LogP contribution in [0.5, 0.6) is 0 Å². The van der Waals surface area contributed by atoms with Gasteiger partial charge in [0, 0.05) is 18.1 Å². The zero-order valence-electron chi connectivity index (χ0n) is 9.24. The van der Waals surface area contributed by atoms with Gasteiger partial charge in [-0.1, -0.05) is 11.6 Å². The van der Waals surface area contributed by atoms with Crippen LogP contribution >= 0.6 is 11.6 Å². The summed E-state index contributed by atoms with van der Waals surface area (Å²) >= 11 is 5.62. The van der Waals surface area contributed by atoms with Crippen molar-refractivity contribution in [2.24, 2.45) is 5.92 Å². The monoisotopic (exact) mass is 231 g/mol. The molecule has 1 rings (SSSR count). The number of piperidine rings is 1. The molecule has 0 radical (unpaired) electrons. The van der Waals surface area contributed by atoms with Crippen molar-refractivity contribution in [3.63, 3.8) is 0 Å². The number of carboxylic acids is 1. The van der Waals surface area contributed by atoms with E-state index in [1.807, 2.05) is 6.92 Å². The third-order valence-corrected chi connectivity index (χ3v) is 3.37. The number of rotatable bonds is 3. The molecular weight excluding hydrogens is 214 g/mol. The number of hydrogen-bond donors (Lipinski definition) is 1. The highest BCUT2D eigenvalue weighted by Crippen LogP contribution is 2.23. The van der Waals surface area contributed by atoms with E-state index in [0.717, 1.165) is 31.5 Å². The first-order valence-electron chi connectivity index (χ1n) is 5.27. The Bertz CT molecular complexity index is 265. The van der Waals surface area contributed by atoms with Crippen molar-refractivity contribution in [3.8, 4) is 0 Å². The van der Waals surface area contributed by atoms with E-state index in [4.69, 9.17) is 16.7 Å². The number of nitrogens with zero attached hydrogens (tertiary/aromatic N) is 1. The molecule has 4 heteroatoms. The zero-order chi connectivity index (χ0) is 11.4. The highest BCUT2D eigenvalue weighted by Gasteiger charge is 2.29. The number of halogens is 1. The molecule has 0 aromatic heterocycles. The molecule has 0 aromatic rings. The summed E-state index contributed by atoms with van der Waals surface area (Å²) in [6.45, 7) is 5.76. The lowest BCUT2D eigenvalue weighted by Gasteiger charge is -2.36. The molecule has 86 valence electrons. The van der Waals surface area contributed by atoms with Crippen LogP contribution in [0.25, 0.3) is 0 Å². The Morgan fingerprint density at radius 1 is 1.67 bits per heavy atom. The third-order valence-electron chi connectivity index (χ3n) is 3.00. The second-order valence-corrected chi connectivity index (χ2v) is 4.55. The Kier molecular flexibility index (Phi) is 4.61. The van der Waals surface area contributed by atoms with Crippen molar-refractivity contribution in [1.29, 1.82) is 0 Å². The molecule has 1 saturated heterocycles. The van der Waals surface area contributed by atoms with Crippen LogP contribution < -0.4 is 0 Å². The van der Waals surface area contributed by atoms with Crippen molar-refractivity contribution in [3.05, 3.63) is 11.1 Å². The molecule has 0 aromatic carbocycles. The quantitative estimate of drug-likeness (QED) is 0.811. The maximum absolute atomic E-state index is 10.8. The van der Waals surface area contributed by atoms with Gasteiger partial charge in [0.2, 0.25) is 0 Å². The lowest BCUT2D eigenvalue weighted by atomic mass is 9.91. The summed E-state index contributed by atoms with van der Waals surface area (Å²) in [5.74, 6) is -0.831. The van der Waals surface area contributed by atoms with Crippen LogP contribution in [0.4, 0.5) is 0 Å². The predicted molar refractivity (Wildman–Crippen MR) is 61.0 cm³/mol. The molecule has 1 N–H and O–H groups in total. The van der Waals surface area contributed by atoms with E-state index in [0.29, 0.717) is 6.04 Å². The molecule has 2 unspecified atom stereocenters. The largest absolute Gasteiger partial charge is 0.481 e. The maximum atomic E-state index is 10.8. The minimum Gasteiger partial charge on any atom is -0.481 e. The summed E-state index contributed by atoms with van der Waals surface area (Å²) in [5.41, 5.74) is 2.72. The van der Waals surface area contributed by atoms with Crippen LogP contribution in [0.1, 0.15) is 26.7 Å². The summed E-state index contributed by atoms with van der Waals surface area (Å²) in [4.78, 5) is 13.1. The van der Waals surface area contributed by atoms with Crippen molar-refractivity contribution >= 4 is 17.6 Å². The summed E-state index contributed by atoms with van der Waals surface area (Å²) in [5, 5.41) is 8.92. The molecule has 1 fully saturated rings. The van der Waals surface area contributed by atoms with Gasteiger partial charge in [0.15, 0.2) is 0 Å². The molecule has 0 aliphatic carbocycles. The smallest absolute Gasteiger partial charge is 0.306 e. The lowest BCUT2D eigenvalue weighted by Crippen LogP contribution is -2.43. The Balaban J connectivity index is 2.49. The second-order valence-electron chi connectivity index (χ2n) is 4.33. The van der Waals surface area contributed by atoms with Crippen LogP contribution in [0.3, 0.4) is 0 Å². The lowest BCUT2D eigenvalue weighted by molar-refractivity contribution is -0.143. The highest BCUT2D eigenvalue weighted by atomic mass is 35.5. The predicted octanol–water partition coefficient (Wildman–Crippen LogP) is 2.31. The van der Waals surface area contributed by atoms with Gasteiger partial charge in [-0.3, -0.25) is 9.69 Å². The molecule has 1 aliphatic rings. The molecule has 3 nitrogen and oxygen atoms in total. The number of carboxylic acid groups (broad SMARTS) is 1. The van der Waals surface area contributed by atoms with Crippen LogP contribution in [0, 0.1) is 5.92 Å². The number of carbonyl (C=O) groups is 1. The van der Waals surface area contributed by atoms with Crippen molar-refractivity contribution in [2.75, 3.05) is 13.1 Å². The summed E-state index contributed by atoms with van der Waals surface area (Å²) in [6.07, 6.45) is 1.49. The Morgan fingerprint density at radius 2 is 2.33 bits per heavy atom. The first-order valence-corrected chi connectivity index (χ1v) is 5.71. The molecule has 0 bridgehead atoms. The van der Waals surface area contributed by atoms with Gasteiger partial charge in [-0.15, -0.1) is 0 Å². The van der Waals surface area contributed by atoms with Gasteiger partial charge in [-0.05, 0) is 38.8 Å². The highest BCUT2D eigenvalue weighted by molar-refractivity contribution is 6.25. The van der Waals surface area contributed by atoms with Crippen molar-refractivity contribution in [1.82, 2.24) is 4.90 Å². The number of hydrogen-bond acceptors (Lipinski definition) is 2. The van der Waals surface area contributed by atoms with E-state index in [1.54, 1.807) is 5.54 Å². The van der Waals surface area contributed by atoms with Gasteiger partial charge in [0.05, 0.1) is 5.92 Å². The topological polar surface area (TPSA) is 40.5 Å². The van der Waals surface area contributed by atoms with Gasteiger partial charge in [-0.2, -0.15) is 0 Å². The van der Waals surface area contributed by atoms with Crippen LogP contribution in [-0.2, 0) is 4.79 Å². The SMILES string of the molecule is C/C(=C\Cl)CN1CCC(C(=O)O)CC1C. The Morgan fingerprint density at radius 3 is 2.80 bits per heavy atom. The first kappa shape index (κ1) is 12.5. The maximum Gasteiger partial charge on any atom is 0.306 e. The van der Waals surface area contributed by atoms with Crippen molar-refractivity contribution < 1.29 is 9.90 Å². The fourth-order valence-electron chi connectivity index (χ4n) is 2.03. The summed E-state index contributed by atoms with van der Waals surface area (Å²) < 4.78 is 0. The van der Waals surface area contributed by atoms with Gasteiger partial charge in [0.25, 0.3) is 0 Å². The van der Waals surface area contributed by atoms with Gasteiger partial charge >= 0.3 is 5.97 Å². The molecule has 0 saturated carbocycles. The fourth-order valence-corrected chi connectivity index (χ4v) is 2.10. The van der Waals surface area contributed by atoms with Gasteiger partial charge in [0.1, 0.15) is 0 Å². The molecule has 2 atom stereocenters. The first-order chi connectivity index (χ1) is 7.04. The minimum absolute atomic E-state index is 0.170. The van der Waals surface area contributed by atoms with Crippen molar-refractivity contribution in [2.45, 2.75) is 32.7 Å². The van der Waals surface area contributed by atoms with E-state index < -0.39 is 5.97 Å². The van der Waals surface area contributed by atoms with E-state index in [1.165, 1.54) is 0 Å².